The Balaban J connectivity index is 1.31. The monoisotopic (exact) mass is 523 g/mol. The standard InChI is InChI=1S/C27H23Cl2N3O4/c28-21-8-4-7-20(26(21)29)14-32(13-19-9-10-23-24(11-19)36-17-35-23)15-25-31-22(16-34-25)27(33)30-12-18-5-2-1-3-6-18/h1-11,16H,12-15,17H2,(H,30,33). The summed E-state index contributed by atoms with van der Waals surface area (Å²) >= 11 is 12.7. The van der Waals surface area contributed by atoms with Crippen LogP contribution in [0.5, 0.6) is 11.5 Å². The Bertz CT molecular complexity index is 1360. The van der Waals surface area contributed by atoms with Gasteiger partial charge in [0.1, 0.15) is 6.26 Å². The predicted molar refractivity (Wildman–Crippen MR) is 136 cm³/mol. The van der Waals surface area contributed by atoms with Crippen LogP contribution in [0.15, 0.2) is 77.4 Å². The van der Waals surface area contributed by atoms with Crippen molar-refractivity contribution < 1.29 is 18.7 Å². The number of ether oxygens (including phenoxy) is 2. The van der Waals surface area contributed by atoms with E-state index in [2.05, 4.69) is 15.2 Å². The predicted octanol–water partition coefficient (Wildman–Crippen LogP) is 5.84. The summed E-state index contributed by atoms with van der Waals surface area (Å²) in [4.78, 5) is 19.1. The largest absolute Gasteiger partial charge is 0.454 e. The van der Waals surface area contributed by atoms with Crippen LogP contribution in [-0.4, -0.2) is 22.6 Å². The second-order valence-corrected chi connectivity index (χ2v) is 9.13. The second kappa shape index (κ2) is 11.0. The maximum Gasteiger partial charge on any atom is 0.273 e. The molecule has 9 heteroatoms. The van der Waals surface area contributed by atoms with Gasteiger partial charge in [0.2, 0.25) is 12.7 Å². The number of halogens is 2. The molecule has 0 saturated carbocycles. The minimum absolute atomic E-state index is 0.214. The first-order valence-electron chi connectivity index (χ1n) is 11.4. The van der Waals surface area contributed by atoms with Crippen molar-refractivity contribution in [2.45, 2.75) is 26.2 Å². The smallest absolute Gasteiger partial charge is 0.273 e. The molecule has 1 aliphatic rings. The number of nitrogens with zero attached hydrogens (tertiary/aromatic N) is 2. The molecule has 2 heterocycles. The molecule has 0 saturated heterocycles. The third kappa shape index (κ3) is 5.82. The number of rotatable bonds is 9. The van der Waals surface area contributed by atoms with Crippen molar-refractivity contribution in [2.75, 3.05) is 6.79 Å². The van der Waals surface area contributed by atoms with Crippen LogP contribution >= 0.6 is 23.2 Å². The quantitative estimate of drug-likeness (QED) is 0.297. The van der Waals surface area contributed by atoms with E-state index in [1.165, 1.54) is 6.26 Å². The number of aromatic nitrogens is 1. The van der Waals surface area contributed by atoms with Gasteiger partial charge in [0.05, 0.1) is 16.6 Å². The van der Waals surface area contributed by atoms with E-state index < -0.39 is 0 Å². The molecule has 1 N–H and O–H groups in total. The molecule has 0 atom stereocenters. The molecule has 0 radical (unpaired) electrons. The Morgan fingerprint density at radius 2 is 1.75 bits per heavy atom. The molecule has 0 unspecified atom stereocenters. The van der Waals surface area contributed by atoms with E-state index >= 15 is 0 Å². The van der Waals surface area contributed by atoms with Crippen LogP contribution in [0.25, 0.3) is 0 Å². The molecule has 184 valence electrons. The summed E-state index contributed by atoms with van der Waals surface area (Å²) in [5.74, 6) is 1.55. The third-order valence-electron chi connectivity index (χ3n) is 5.71. The summed E-state index contributed by atoms with van der Waals surface area (Å²) in [7, 11) is 0. The van der Waals surface area contributed by atoms with Crippen LogP contribution < -0.4 is 14.8 Å². The van der Waals surface area contributed by atoms with E-state index in [1.807, 2.05) is 60.7 Å². The van der Waals surface area contributed by atoms with Crippen molar-refractivity contribution in [1.82, 2.24) is 15.2 Å². The number of carbonyl (C=O) groups is 1. The zero-order valence-corrected chi connectivity index (χ0v) is 20.8. The molecule has 0 bridgehead atoms. The molecular formula is C27H23Cl2N3O4. The van der Waals surface area contributed by atoms with Crippen LogP contribution in [0.1, 0.15) is 33.1 Å². The van der Waals surface area contributed by atoms with Gasteiger partial charge in [-0.2, -0.15) is 0 Å². The Kier molecular flexibility index (Phi) is 7.41. The van der Waals surface area contributed by atoms with Gasteiger partial charge in [-0.25, -0.2) is 4.98 Å². The highest BCUT2D eigenvalue weighted by Gasteiger charge is 2.19. The zero-order chi connectivity index (χ0) is 24.9. The molecule has 4 aromatic rings. The summed E-state index contributed by atoms with van der Waals surface area (Å²) in [6.07, 6.45) is 1.38. The highest BCUT2D eigenvalue weighted by atomic mass is 35.5. The van der Waals surface area contributed by atoms with Gasteiger partial charge in [-0.05, 0) is 34.9 Å². The zero-order valence-electron chi connectivity index (χ0n) is 19.2. The van der Waals surface area contributed by atoms with Gasteiger partial charge < -0.3 is 19.2 Å². The maximum atomic E-state index is 12.6. The van der Waals surface area contributed by atoms with Gasteiger partial charge in [-0.15, -0.1) is 0 Å². The summed E-state index contributed by atoms with van der Waals surface area (Å²) in [5.41, 5.74) is 3.12. The molecule has 36 heavy (non-hydrogen) atoms. The molecule has 1 amide bonds. The van der Waals surface area contributed by atoms with Crippen LogP contribution in [-0.2, 0) is 26.2 Å². The number of benzene rings is 3. The fraction of sp³-hybridized carbons (Fsp3) is 0.185. The highest BCUT2D eigenvalue weighted by molar-refractivity contribution is 6.42. The van der Waals surface area contributed by atoms with Gasteiger partial charge in [0.25, 0.3) is 5.91 Å². The number of nitrogens with one attached hydrogen (secondary N) is 1. The molecule has 5 rings (SSSR count). The van der Waals surface area contributed by atoms with Crippen molar-refractivity contribution in [1.29, 1.82) is 0 Å². The van der Waals surface area contributed by atoms with Gasteiger partial charge in [0.15, 0.2) is 17.2 Å². The normalized spacial score (nSPS) is 12.2. The first-order valence-corrected chi connectivity index (χ1v) is 12.1. The number of carbonyl (C=O) groups excluding carboxylic acids is 1. The van der Waals surface area contributed by atoms with Gasteiger partial charge in [-0.1, -0.05) is 71.7 Å². The van der Waals surface area contributed by atoms with Crippen LogP contribution in [0.3, 0.4) is 0 Å². The number of hydrogen-bond donors (Lipinski definition) is 1. The summed E-state index contributed by atoms with van der Waals surface area (Å²) in [6, 6.07) is 21.1. The molecule has 0 fully saturated rings. The Morgan fingerprint density at radius 3 is 2.61 bits per heavy atom. The highest BCUT2D eigenvalue weighted by Crippen LogP contribution is 2.33. The first kappa shape index (κ1) is 24.2. The molecule has 3 aromatic carbocycles. The maximum absolute atomic E-state index is 12.6. The lowest BCUT2D eigenvalue weighted by Gasteiger charge is -2.22. The van der Waals surface area contributed by atoms with Crippen molar-refractivity contribution >= 4 is 29.1 Å². The van der Waals surface area contributed by atoms with Crippen LogP contribution in [0.4, 0.5) is 0 Å². The van der Waals surface area contributed by atoms with Gasteiger partial charge in [-0.3, -0.25) is 9.69 Å². The number of fused-ring (bicyclic) bond motifs is 1. The van der Waals surface area contributed by atoms with E-state index in [1.54, 1.807) is 6.07 Å². The average molecular weight is 524 g/mol. The number of oxazole rings is 1. The van der Waals surface area contributed by atoms with E-state index in [0.29, 0.717) is 47.9 Å². The van der Waals surface area contributed by atoms with E-state index in [9.17, 15) is 4.79 Å². The lowest BCUT2D eigenvalue weighted by atomic mass is 10.1. The summed E-state index contributed by atoms with van der Waals surface area (Å²) < 4.78 is 16.6. The van der Waals surface area contributed by atoms with Crippen molar-refractivity contribution in [2.24, 2.45) is 0 Å². The van der Waals surface area contributed by atoms with E-state index in [-0.39, 0.29) is 18.4 Å². The Morgan fingerprint density at radius 1 is 0.917 bits per heavy atom. The SMILES string of the molecule is O=C(NCc1ccccc1)c1coc(CN(Cc2ccc3c(c2)OCO3)Cc2cccc(Cl)c2Cl)n1. The minimum Gasteiger partial charge on any atom is -0.454 e. The molecule has 1 aliphatic heterocycles. The second-order valence-electron chi connectivity index (χ2n) is 8.34. The Labute approximate surface area is 218 Å². The molecular weight excluding hydrogens is 501 g/mol. The summed E-state index contributed by atoms with van der Waals surface area (Å²) in [5, 5.41) is 3.86. The van der Waals surface area contributed by atoms with Crippen molar-refractivity contribution in [3.8, 4) is 11.5 Å². The number of amides is 1. The molecule has 1 aromatic heterocycles. The lowest BCUT2D eigenvalue weighted by Crippen LogP contribution is -2.24. The topological polar surface area (TPSA) is 76.8 Å². The first-order chi connectivity index (χ1) is 17.5. The van der Waals surface area contributed by atoms with Gasteiger partial charge >= 0.3 is 0 Å². The molecule has 0 aliphatic carbocycles. The minimum atomic E-state index is -0.297. The third-order valence-corrected chi connectivity index (χ3v) is 6.57. The fourth-order valence-corrected chi connectivity index (χ4v) is 4.30. The van der Waals surface area contributed by atoms with E-state index in [0.717, 1.165) is 22.4 Å². The fourth-order valence-electron chi connectivity index (χ4n) is 3.92. The summed E-state index contributed by atoms with van der Waals surface area (Å²) in [6.45, 7) is 2.02. The van der Waals surface area contributed by atoms with Crippen LogP contribution in [0, 0.1) is 0 Å². The van der Waals surface area contributed by atoms with Gasteiger partial charge in [0, 0.05) is 19.6 Å². The van der Waals surface area contributed by atoms with Crippen molar-refractivity contribution in [3.05, 3.63) is 111 Å². The Hall–Kier alpha value is -3.52. The molecule has 7 nitrogen and oxygen atoms in total. The average Bonchev–Trinajstić information content (AvgIpc) is 3.55. The number of hydrogen-bond acceptors (Lipinski definition) is 6. The van der Waals surface area contributed by atoms with Crippen molar-refractivity contribution in [3.63, 3.8) is 0 Å². The van der Waals surface area contributed by atoms with E-state index in [4.69, 9.17) is 37.1 Å². The lowest BCUT2D eigenvalue weighted by molar-refractivity contribution is 0.0945. The molecule has 0 spiro atoms. The van der Waals surface area contributed by atoms with Crippen LogP contribution in [0.2, 0.25) is 10.0 Å².